The maximum atomic E-state index is 5.42. The number of hydrogen-bond acceptors (Lipinski definition) is 5. The average Bonchev–Trinajstić information content (AvgIpc) is 3.07. The van der Waals surface area contributed by atoms with Crippen LogP contribution in [-0.4, -0.2) is 61.3 Å². The van der Waals surface area contributed by atoms with Gasteiger partial charge in [-0.3, -0.25) is 4.90 Å². The van der Waals surface area contributed by atoms with Crippen molar-refractivity contribution in [3.63, 3.8) is 0 Å². The zero-order chi connectivity index (χ0) is 17.4. The Hall–Kier alpha value is -0.450. The van der Waals surface area contributed by atoms with Crippen LogP contribution in [0.4, 0.5) is 0 Å². The Labute approximate surface area is 172 Å². The molecule has 1 aromatic heterocycles. The van der Waals surface area contributed by atoms with Crippen molar-refractivity contribution in [3.8, 4) is 0 Å². The summed E-state index contributed by atoms with van der Waals surface area (Å²) in [6, 6.07) is 0.463. The van der Waals surface area contributed by atoms with Crippen molar-refractivity contribution in [3.05, 3.63) is 16.1 Å². The first-order valence-corrected chi connectivity index (χ1v) is 9.76. The molecule has 0 aromatic carbocycles. The number of nitrogens with zero attached hydrogens (tertiary/aromatic N) is 3. The van der Waals surface area contributed by atoms with E-state index in [4.69, 9.17) is 4.74 Å². The fourth-order valence-electron chi connectivity index (χ4n) is 2.55. The summed E-state index contributed by atoms with van der Waals surface area (Å²) in [7, 11) is 0. The van der Waals surface area contributed by atoms with Crippen molar-refractivity contribution in [1.29, 1.82) is 0 Å². The molecule has 1 aliphatic heterocycles. The lowest BCUT2D eigenvalue weighted by Gasteiger charge is -2.32. The Kier molecular flexibility index (Phi) is 10.9. The minimum Gasteiger partial charge on any atom is -0.379 e. The van der Waals surface area contributed by atoms with E-state index in [-0.39, 0.29) is 24.0 Å². The third-order valence-corrected chi connectivity index (χ3v) is 5.23. The van der Waals surface area contributed by atoms with Crippen LogP contribution in [0.15, 0.2) is 10.4 Å². The quantitative estimate of drug-likeness (QED) is 0.356. The molecule has 1 aromatic rings. The second-order valence-corrected chi connectivity index (χ2v) is 7.29. The van der Waals surface area contributed by atoms with Crippen molar-refractivity contribution in [2.45, 2.75) is 46.2 Å². The minimum atomic E-state index is 0. The predicted octanol–water partition coefficient (Wildman–Crippen LogP) is 2.66. The van der Waals surface area contributed by atoms with Gasteiger partial charge in [0.1, 0.15) is 0 Å². The van der Waals surface area contributed by atoms with Crippen LogP contribution in [0.3, 0.4) is 0 Å². The molecule has 2 heterocycles. The molecule has 0 bridgehead atoms. The van der Waals surface area contributed by atoms with Crippen LogP contribution in [0, 0.1) is 0 Å². The topological polar surface area (TPSA) is 61.8 Å². The number of ether oxygens (including phenoxy) is 1. The molecule has 8 heteroatoms. The largest absolute Gasteiger partial charge is 0.379 e. The van der Waals surface area contributed by atoms with Crippen LogP contribution in [-0.2, 0) is 11.3 Å². The van der Waals surface area contributed by atoms with Gasteiger partial charge >= 0.3 is 0 Å². The molecular weight excluding hydrogens is 449 g/mol. The molecule has 0 saturated carbocycles. The maximum absolute atomic E-state index is 5.42. The van der Waals surface area contributed by atoms with E-state index in [1.54, 1.807) is 11.3 Å². The molecule has 1 saturated heterocycles. The van der Waals surface area contributed by atoms with E-state index < -0.39 is 0 Å². The first kappa shape index (κ1) is 22.6. The summed E-state index contributed by atoms with van der Waals surface area (Å²) >= 11 is 1.72. The van der Waals surface area contributed by atoms with Crippen LogP contribution in [0.1, 0.15) is 44.3 Å². The van der Waals surface area contributed by atoms with Gasteiger partial charge in [-0.2, -0.15) is 0 Å². The number of thiazole rings is 1. The van der Waals surface area contributed by atoms with Gasteiger partial charge in [0.05, 0.1) is 30.5 Å². The van der Waals surface area contributed by atoms with E-state index in [1.807, 2.05) is 0 Å². The zero-order valence-corrected chi connectivity index (χ0v) is 18.9. The van der Waals surface area contributed by atoms with E-state index >= 15 is 0 Å². The normalized spacial score (nSPS) is 17.2. The highest BCUT2D eigenvalue weighted by Crippen LogP contribution is 2.19. The molecule has 1 atom stereocenters. The molecule has 1 unspecified atom stereocenters. The van der Waals surface area contributed by atoms with Crippen molar-refractivity contribution < 1.29 is 4.74 Å². The highest BCUT2D eigenvalue weighted by atomic mass is 127. The van der Waals surface area contributed by atoms with E-state index in [1.165, 1.54) is 5.01 Å². The number of aromatic nitrogens is 1. The second kappa shape index (κ2) is 12.0. The summed E-state index contributed by atoms with van der Waals surface area (Å²) in [4.78, 5) is 11.8. The SMILES string of the molecule is CCNC(=NCc1csc(C(C)C)n1)NCC(C)N1CCOCC1.I. The highest BCUT2D eigenvalue weighted by molar-refractivity contribution is 14.0. The maximum Gasteiger partial charge on any atom is 0.191 e. The average molecular weight is 481 g/mol. The first-order chi connectivity index (χ1) is 11.6. The van der Waals surface area contributed by atoms with Gasteiger partial charge in [-0.15, -0.1) is 35.3 Å². The summed E-state index contributed by atoms with van der Waals surface area (Å²) in [6.45, 7) is 14.7. The standard InChI is InChI=1S/C17H31N5OS.HI/c1-5-18-17(19-10-14(4)22-6-8-23-9-7-22)20-11-15-12-24-16(21-15)13(2)3;/h12-14H,5-11H2,1-4H3,(H2,18,19,20);1H. The van der Waals surface area contributed by atoms with Crippen molar-refractivity contribution >= 4 is 41.3 Å². The summed E-state index contributed by atoms with van der Waals surface area (Å²) in [5.41, 5.74) is 1.04. The number of morpholine rings is 1. The Morgan fingerprint density at radius 1 is 1.32 bits per heavy atom. The Morgan fingerprint density at radius 2 is 2.04 bits per heavy atom. The van der Waals surface area contributed by atoms with Crippen molar-refractivity contribution in [2.24, 2.45) is 4.99 Å². The Balaban J connectivity index is 0.00000312. The minimum absolute atomic E-state index is 0. The summed E-state index contributed by atoms with van der Waals surface area (Å²) in [5, 5.41) is 10.1. The molecule has 144 valence electrons. The summed E-state index contributed by atoms with van der Waals surface area (Å²) in [5.74, 6) is 1.34. The molecule has 25 heavy (non-hydrogen) atoms. The van der Waals surface area contributed by atoms with Crippen LogP contribution in [0.25, 0.3) is 0 Å². The van der Waals surface area contributed by atoms with Crippen LogP contribution in [0.2, 0.25) is 0 Å². The molecule has 0 aliphatic carbocycles. The number of hydrogen-bond donors (Lipinski definition) is 2. The number of aliphatic imine (C=N–C) groups is 1. The van der Waals surface area contributed by atoms with Crippen LogP contribution >= 0.6 is 35.3 Å². The van der Waals surface area contributed by atoms with Gasteiger partial charge in [-0.05, 0) is 13.8 Å². The molecule has 1 aliphatic rings. The van der Waals surface area contributed by atoms with Crippen LogP contribution < -0.4 is 10.6 Å². The molecule has 0 amide bonds. The third kappa shape index (κ3) is 7.76. The number of halogens is 1. The van der Waals surface area contributed by atoms with E-state index in [0.29, 0.717) is 18.5 Å². The molecular formula is C17H32IN5OS. The van der Waals surface area contributed by atoms with Gasteiger partial charge in [-0.25, -0.2) is 9.98 Å². The lowest BCUT2D eigenvalue weighted by Crippen LogP contribution is -2.49. The number of guanidine groups is 1. The van der Waals surface area contributed by atoms with E-state index in [9.17, 15) is 0 Å². The van der Waals surface area contributed by atoms with Gasteiger partial charge in [0.2, 0.25) is 0 Å². The fraction of sp³-hybridized carbons (Fsp3) is 0.765. The zero-order valence-electron chi connectivity index (χ0n) is 15.7. The monoisotopic (exact) mass is 481 g/mol. The summed E-state index contributed by atoms with van der Waals surface area (Å²) < 4.78 is 5.42. The lowest BCUT2D eigenvalue weighted by molar-refractivity contribution is 0.0211. The molecule has 6 nitrogen and oxygen atoms in total. The number of nitrogens with one attached hydrogen (secondary N) is 2. The van der Waals surface area contributed by atoms with Gasteiger partial charge in [0, 0.05) is 43.5 Å². The van der Waals surface area contributed by atoms with Crippen LogP contribution in [0.5, 0.6) is 0 Å². The molecule has 2 N–H and O–H groups in total. The highest BCUT2D eigenvalue weighted by Gasteiger charge is 2.17. The molecule has 0 radical (unpaired) electrons. The molecule has 2 rings (SSSR count). The van der Waals surface area contributed by atoms with Gasteiger partial charge in [-0.1, -0.05) is 13.8 Å². The number of rotatable bonds is 7. The lowest BCUT2D eigenvalue weighted by atomic mass is 10.2. The fourth-order valence-corrected chi connectivity index (χ4v) is 3.38. The second-order valence-electron chi connectivity index (χ2n) is 6.41. The third-order valence-electron chi connectivity index (χ3n) is 4.04. The van der Waals surface area contributed by atoms with Crippen molar-refractivity contribution in [2.75, 3.05) is 39.4 Å². The van der Waals surface area contributed by atoms with E-state index in [0.717, 1.165) is 51.0 Å². The summed E-state index contributed by atoms with van der Waals surface area (Å²) in [6.07, 6.45) is 0. The Morgan fingerprint density at radius 3 is 2.64 bits per heavy atom. The van der Waals surface area contributed by atoms with E-state index in [2.05, 4.69) is 58.6 Å². The smallest absolute Gasteiger partial charge is 0.191 e. The molecule has 1 fully saturated rings. The van der Waals surface area contributed by atoms with Gasteiger partial charge in [0.15, 0.2) is 5.96 Å². The van der Waals surface area contributed by atoms with Crippen molar-refractivity contribution in [1.82, 2.24) is 20.5 Å². The Bertz CT molecular complexity index is 517. The molecule has 0 spiro atoms. The first-order valence-electron chi connectivity index (χ1n) is 8.88. The predicted molar refractivity (Wildman–Crippen MR) is 116 cm³/mol. The van der Waals surface area contributed by atoms with Gasteiger partial charge < -0.3 is 15.4 Å². The van der Waals surface area contributed by atoms with Gasteiger partial charge in [0.25, 0.3) is 0 Å².